The van der Waals surface area contributed by atoms with Crippen LogP contribution in [0.2, 0.25) is 0 Å². The number of nitrogens with one attached hydrogen (secondary N) is 2. The van der Waals surface area contributed by atoms with E-state index in [1.54, 1.807) is 6.92 Å². The van der Waals surface area contributed by atoms with Crippen LogP contribution in [0.25, 0.3) is 10.8 Å². The molecule has 6 nitrogen and oxygen atoms in total. The Kier molecular flexibility index (Phi) is 7.38. The molecule has 31 heavy (non-hydrogen) atoms. The van der Waals surface area contributed by atoms with Crippen LogP contribution in [0, 0.1) is 0 Å². The van der Waals surface area contributed by atoms with E-state index in [1.165, 1.54) is 5.56 Å². The molecule has 3 aromatic carbocycles. The lowest BCUT2D eigenvalue weighted by Crippen LogP contribution is -2.26. The average molecular weight is 418 g/mol. The van der Waals surface area contributed by atoms with Gasteiger partial charge in [-0.1, -0.05) is 62.4 Å². The molecule has 6 heteroatoms. The summed E-state index contributed by atoms with van der Waals surface area (Å²) in [6.45, 7) is 5.76. The SMILES string of the molecule is C/C(CC(=O)Nc1ccc(C(C)C)cc1)=N/NC(=O)COc1cccc2ccccc12. The van der Waals surface area contributed by atoms with E-state index in [0.717, 1.165) is 16.5 Å². The van der Waals surface area contributed by atoms with E-state index >= 15 is 0 Å². The first-order valence-corrected chi connectivity index (χ1v) is 10.2. The fourth-order valence-corrected chi connectivity index (χ4v) is 3.08. The molecule has 2 amide bonds. The summed E-state index contributed by atoms with van der Waals surface area (Å²) >= 11 is 0. The standard InChI is InChI=1S/C25H27N3O3/c1-17(2)19-11-13-21(14-12-19)26-24(29)15-18(3)27-28-25(30)16-31-23-10-6-8-20-7-4-5-9-22(20)23/h4-14,17H,15-16H2,1-3H3,(H,26,29)(H,28,30)/b27-18-. The highest BCUT2D eigenvalue weighted by Gasteiger charge is 2.08. The fourth-order valence-electron chi connectivity index (χ4n) is 3.08. The van der Waals surface area contributed by atoms with Gasteiger partial charge in [-0.2, -0.15) is 5.10 Å². The number of amides is 2. The Hall–Kier alpha value is -3.67. The van der Waals surface area contributed by atoms with Gasteiger partial charge in [0.25, 0.3) is 5.91 Å². The Balaban J connectivity index is 1.47. The van der Waals surface area contributed by atoms with Gasteiger partial charge < -0.3 is 10.1 Å². The van der Waals surface area contributed by atoms with E-state index < -0.39 is 5.91 Å². The van der Waals surface area contributed by atoms with Gasteiger partial charge in [-0.05, 0) is 42.0 Å². The van der Waals surface area contributed by atoms with Crippen molar-refractivity contribution in [1.82, 2.24) is 5.43 Å². The zero-order valence-corrected chi connectivity index (χ0v) is 18.0. The molecular formula is C25H27N3O3. The number of anilines is 1. The van der Waals surface area contributed by atoms with Crippen LogP contribution in [0.1, 0.15) is 38.7 Å². The summed E-state index contributed by atoms with van der Waals surface area (Å²) in [4.78, 5) is 24.3. The molecule has 0 spiro atoms. The lowest BCUT2D eigenvalue weighted by Gasteiger charge is -2.09. The van der Waals surface area contributed by atoms with E-state index in [4.69, 9.17) is 4.74 Å². The molecule has 0 atom stereocenters. The molecule has 0 saturated heterocycles. The third kappa shape index (κ3) is 6.40. The molecule has 0 fully saturated rings. The first-order chi connectivity index (χ1) is 14.9. The molecule has 3 aromatic rings. The summed E-state index contributed by atoms with van der Waals surface area (Å²) in [6.07, 6.45) is 0.0798. The third-order valence-electron chi connectivity index (χ3n) is 4.76. The van der Waals surface area contributed by atoms with Crippen LogP contribution in [0.4, 0.5) is 5.69 Å². The maximum absolute atomic E-state index is 12.2. The number of rotatable bonds is 8. The van der Waals surface area contributed by atoms with Gasteiger partial charge in [0.15, 0.2) is 6.61 Å². The van der Waals surface area contributed by atoms with Crippen LogP contribution in [-0.4, -0.2) is 24.1 Å². The zero-order valence-electron chi connectivity index (χ0n) is 18.0. The van der Waals surface area contributed by atoms with Gasteiger partial charge in [0.1, 0.15) is 5.75 Å². The molecule has 0 radical (unpaired) electrons. The third-order valence-corrected chi connectivity index (χ3v) is 4.76. The summed E-state index contributed by atoms with van der Waals surface area (Å²) in [7, 11) is 0. The van der Waals surface area contributed by atoms with Gasteiger partial charge >= 0.3 is 0 Å². The highest BCUT2D eigenvalue weighted by atomic mass is 16.5. The van der Waals surface area contributed by atoms with Crippen LogP contribution in [0.5, 0.6) is 5.75 Å². The molecule has 0 aliphatic rings. The quantitative estimate of drug-likeness (QED) is 0.406. The lowest BCUT2D eigenvalue weighted by atomic mass is 10.0. The van der Waals surface area contributed by atoms with Gasteiger partial charge in [0, 0.05) is 16.8 Å². The van der Waals surface area contributed by atoms with E-state index in [-0.39, 0.29) is 18.9 Å². The number of hydrogen-bond donors (Lipinski definition) is 2. The predicted molar refractivity (Wildman–Crippen MR) is 124 cm³/mol. The van der Waals surface area contributed by atoms with Gasteiger partial charge in [0.2, 0.25) is 5.91 Å². The molecule has 0 unspecified atom stereocenters. The van der Waals surface area contributed by atoms with Crippen molar-refractivity contribution in [3.05, 3.63) is 72.3 Å². The summed E-state index contributed by atoms with van der Waals surface area (Å²) < 4.78 is 5.64. The van der Waals surface area contributed by atoms with Crippen molar-refractivity contribution in [1.29, 1.82) is 0 Å². The summed E-state index contributed by atoms with van der Waals surface area (Å²) in [5.41, 5.74) is 4.87. The van der Waals surface area contributed by atoms with E-state index in [1.807, 2.05) is 66.7 Å². The maximum atomic E-state index is 12.2. The normalized spacial score (nSPS) is 11.4. The number of hydrogen-bond acceptors (Lipinski definition) is 4. The second kappa shape index (κ2) is 10.4. The average Bonchev–Trinajstić information content (AvgIpc) is 2.76. The number of fused-ring (bicyclic) bond motifs is 1. The number of ether oxygens (including phenoxy) is 1. The predicted octanol–water partition coefficient (Wildman–Crippen LogP) is 4.86. The van der Waals surface area contributed by atoms with Gasteiger partial charge in [-0.25, -0.2) is 5.43 Å². The van der Waals surface area contributed by atoms with Gasteiger partial charge in [-0.3, -0.25) is 9.59 Å². The highest BCUT2D eigenvalue weighted by molar-refractivity contribution is 6.05. The van der Waals surface area contributed by atoms with E-state index in [2.05, 4.69) is 29.7 Å². The van der Waals surface area contributed by atoms with Crippen molar-refractivity contribution in [2.24, 2.45) is 5.10 Å². The molecule has 0 heterocycles. The minimum atomic E-state index is -0.392. The molecule has 160 valence electrons. The molecule has 0 aromatic heterocycles. The summed E-state index contributed by atoms with van der Waals surface area (Å²) in [5.74, 6) is 0.487. The van der Waals surface area contributed by atoms with Crippen molar-refractivity contribution in [3.8, 4) is 5.75 Å². The van der Waals surface area contributed by atoms with Gasteiger partial charge in [-0.15, -0.1) is 0 Å². The van der Waals surface area contributed by atoms with Gasteiger partial charge in [0.05, 0.1) is 6.42 Å². The molecule has 2 N–H and O–H groups in total. The van der Waals surface area contributed by atoms with Crippen LogP contribution in [0.3, 0.4) is 0 Å². The number of nitrogens with zero attached hydrogens (tertiary/aromatic N) is 1. The smallest absolute Gasteiger partial charge is 0.277 e. The molecule has 0 bridgehead atoms. The van der Waals surface area contributed by atoms with Crippen LogP contribution in [0.15, 0.2) is 71.8 Å². The van der Waals surface area contributed by atoms with Crippen molar-refractivity contribution in [3.63, 3.8) is 0 Å². The van der Waals surface area contributed by atoms with Crippen molar-refractivity contribution in [2.75, 3.05) is 11.9 Å². The first-order valence-electron chi connectivity index (χ1n) is 10.2. The number of hydrazone groups is 1. The Morgan fingerprint density at radius 2 is 1.65 bits per heavy atom. The molecule has 0 saturated carbocycles. The molecular weight excluding hydrogens is 390 g/mol. The van der Waals surface area contributed by atoms with E-state index in [0.29, 0.717) is 17.4 Å². The molecule has 0 aliphatic heterocycles. The number of benzene rings is 3. The Bertz CT molecular complexity index is 1080. The summed E-state index contributed by atoms with van der Waals surface area (Å²) in [5, 5.41) is 8.81. The molecule has 0 aliphatic carbocycles. The van der Waals surface area contributed by atoms with Crippen LogP contribution in [-0.2, 0) is 9.59 Å². The molecule has 3 rings (SSSR count). The minimum absolute atomic E-state index is 0.0798. The maximum Gasteiger partial charge on any atom is 0.277 e. The van der Waals surface area contributed by atoms with Crippen molar-refractivity contribution >= 4 is 34.0 Å². The summed E-state index contributed by atoms with van der Waals surface area (Å²) in [6, 6.07) is 21.3. The second-order valence-corrected chi connectivity index (χ2v) is 7.65. The minimum Gasteiger partial charge on any atom is -0.483 e. The largest absolute Gasteiger partial charge is 0.483 e. The topological polar surface area (TPSA) is 79.8 Å². The number of carbonyl (C=O) groups is 2. The second-order valence-electron chi connectivity index (χ2n) is 7.65. The van der Waals surface area contributed by atoms with E-state index in [9.17, 15) is 9.59 Å². The lowest BCUT2D eigenvalue weighted by molar-refractivity contribution is -0.123. The Morgan fingerprint density at radius 1 is 0.935 bits per heavy atom. The highest BCUT2D eigenvalue weighted by Crippen LogP contribution is 2.25. The fraction of sp³-hybridized carbons (Fsp3) is 0.240. The monoisotopic (exact) mass is 417 g/mol. The number of carbonyl (C=O) groups excluding carboxylic acids is 2. The van der Waals surface area contributed by atoms with Crippen molar-refractivity contribution < 1.29 is 14.3 Å². The Morgan fingerprint density at radius 3 is 2.39 bits per heavy atom. The van der Waals surface area contributed by atoms with Crippen molar-refractivity contribution in [2.45, 2.75) is 33.1 Å². The first kappa shape index (κ1) is 22.0. The Labute approximate surface area is 182 Å². The van der Waals surface area contributed by atoms with Crippen LogP contribution >= 0.6 is 0 Å². The van der Waals surface area contributed by atoms with Crippen LogP contribution < -0.4 is 15.5 Å². The zero-order chi connectivity index (χ0) is 22.2.